The minimum absolute atomic E-state index is 0.00611. The van der Waals surface area contributed by atoms with Crippen LogP contribution in [0.5, 0.6) is 0 Å². The molecule has 110 valence electrons. The number of nitrogen functional groups attached to an aromatic ring is 1. The molecule has 8 nitrogen and oxygen atoms in total. The predicted octanol–water partition coefficient (Wildman–Crippen LogP) is 1.75. The predicted molar refractivity (Wildman–Crippen MR) is 81.2 cm³/mol. The van der Waals surface area contributed by atoms with Crippen molar-refractivity contribution < 1.29 is 4.79 Å². The summed E-state index contributed by atoms with van der Waals surface area (Å²) >= 11 is 6.08. The van der Waals surface area contributed by atoms with Gasteiger partial charge in [-0.25, -0.2) is 9.97 Å². The Labute approximate surface area is 129 Å². The van der Waals surface area contributed by atoms with Crippen molar-refractivity contribution in [3.63, 3.8) is 0 Å². The maximum atomic E-state index is 12.0. The van der Waals surface area contributed by atoms with Crippen molar-refractivity contribution in [2.75, 3.05) is 11.1 Å². The Bertz CT molecular complexity index is 833. The van der Waals surface area contributed by atoms with Crippen molar-refractivity contribution in [2.45, 2.75) is 0 Å². The van der Waals surface area contributed by atoms with Gasteiger partial charge in [-0.2, -0.15) is 4.98 Å². The second-order valence-corrected chi connectivity index (χ2v) is 4.64. The van der Waals surface area contributed by atoms with Crippen molar-refractivity contribution in [1.29, 1.82) is 0 Å². The Morgan fingerprint density at radius 2 is 2.00 bits per heavy atom. The minimum Gasteiger partial charge on any atom is -0.382 e. The summed E-state index contributed by atoms with van der Waals surface area (Å²) in [5.74, 6) is 0.00941. The van der Waals surface area contributed by atoms with E-state index in [1.807, 2.05) is 12.1 Å². The van der Waals surface area contributed by atoms with E-state index in [2.05, 4.69) is 30.5 Å². The molecule has 0 saturated carbocycles. The number of carbonyl (C=O) groups is 1. The fourth-order valence-electron chi connectivity index (χ4n) is 1.78. The van der Waals surface area contributed by atoms with E-state index >= 15 is 0 Å². The molecule has 0 aliphatic heterocycles. The highest BCUT2D eigenvalue weighted by Gasteiger charge is 2.15. The highest BCUT2D eigenvalue weighted by molar-refractivity contribution is 6.33. The van der Waals surface area contributed by atoms with Crippen LogP contribution < -0.4 is 11.1 Å². The van der Waals surface area contributed by atoms with Crippen molar-refractivity contribution in [3.05, 3.63) is 47.4 Å². The van der Waals surface area contributed by atoms with E-state index in [0.29, 0.717) is 16.4 Å². The number of nitrogens with zero attached hydrogens (tertiary/aromatic N) is 4. The van der Waals surface area contributed by atoms with Gasteiger partial charge >= 0.3 is 0 Å². The van der Waals surface area contributed by atoms with Gasteiger partial charge in [-0.1, -0.05) is 23.7 Å². The average molecular weight is 316 g/mol. The molecule has 0 unspecified atom stereocenters. The molecule has 0 aliphatic rings. The van der Waals surface area contributed by atoms with Crippen molar-refractivity contribution in [1.82, 2.24) is 25.1 Å². The Kier molecular flexibility index (Phi) is 3.67. The molecule has 9 heteroatoms. The normalized spacial score (nSPS) is 10.4. The number of nitrogens with two attached hydrogens (primary N) is 1. The van der Waals surface area contributed by atoms with Gasteiger partial charge in [0.15, 0.2) is 17.3 Å². The topological polar surface area (TPSA) is 122 Å². The highest BCUT2D eigenvalue weighted by atomic mass is 35.5. The molecule has 0 aliphatic carbocycles. The van der Waals surface area contributed by atoms with Gasteiger partial charge in [0.25, 0.3) is 5.91 Å². The Balaban J connectivity index is 1.82. The van der Waals surface area contributed by atoms with E-state index in [0.717, 1.165) is 0 Å². The zero-order valence-electron chi connectivity index (χ0n) is 11.1. The van der Waals surface area contributed by atoms with Crippen LogP contribution in [0.4, 0.5) is 11.8 Å². The van der Waals surface area contributed by atoms with Crippen LogP contribution in [-0.4, -0.2) is 31.1 Å². The fraction of sp³-hybridized carbons (Fsp3) is 0. The van der Waals surface area contributed by atoms with Gasteiger partial charge in [0.1, 0.15) is 0 Å². The molecular formula is C13H10ClN7O. The zero-order chi connectivity index (χ0) is 15.5. The summed E-state index contributed by atoms with van der Waals surface area (Å²) in [5.41, 5.74) is 6.27. The zero-order valence-corrected chi connectivity index (χ0v) is 11.9. The summed E-state index contributed by atoms with van der Waals surface area (Å²) in [6, 6.07) is 7.15. The van der Waals surface area contributed by atoms with Gasteiger partial charge in [-0.3, -0.25) is 15.2 Å². The first-order valence-corrected chi connectivity index (χ1v) is 6.58. The molecule has 2 heterocycles. The van der Waals surface area contributed by atoms with Crippen LogP contribution in [-0.2, 0) is 0 Å². The molecule has 4 N–H and O–H groups in total. The van der Waals surface area contributed by atoms with Gasteiger partial charge in [0.2, 0.25) is 5.95 Å². The van der Waals surface area contributed by atoms with E-state index in [4.69, 9.17) is 17.3 Å². The summed E-state index contributed by atoms with van der Waals surface area (Å²) in [5, 5.41) is 9.63. The average Bonchev–Trinajstić information content (AvgIpc) is 2.96. The van der Waals surface area contributed by atoms with Crippen LogP contribution in [0, 0.1) is 0 Å². The second-order valence-electron chi connectivity index (χ2n) is 4.23. The summed E-state index contributed by atoms with van der Waals surface area (Å²) in [7, 11) is 0. The number of aromatic nitrogens is 5. The lowest BCUT2D eigenvalue weighted by Gasteiger charge is -2.01. The summed E-state index contributed by atoms with van der Waals surface area (Å²) < 4.78 is 0. The monoisotopic (exact) mass is 315 g/mol. The molecule has 0 radical (unpaired) electrons. The number of halogens is 1. The van der Waals surface area contributed by atoms with E-state index < -0.39 is 5.91 Å². The van der Waals surface area contributed by atoms with E-state index in [9.17, 15) is 4.79 Å². The van der Waals surface area contributed by atoms with E-state index in [1.165, 1.54) is 12.4 Å². The molecule has 0 saturated heterocycles. The van der Waals surface area contributed by atoms with E-state index in [-0.39, 0.29) is 17.5 Å². The largest absolute Gasteiger partial charge is 0.382 e. The van der Waals surface area contributed by atoms with Crippen molar-refractivity contribution in [2.24, 2.45) is 0 Å². The number of hydrogen-bond acceptors (Lipinski definition) is 6. The molecule has 1 aromatic carbocycles. The number of anilines is 2. The lowest BCUT2D eigenvalue weighted by Crippen LogP contribution is -2.17. The van der Waals surface area contributed by atoms with Gasteiger partial charge in [0, 0.05) is 18.0 Å². The summed E-state index contributed by atoms with van der Waals surface area (Å²) in [4.78, 5) is 23.9. The Hall–Kier alpha value is -3.00. The molecule has 0 atom stereocenters. The number of rotatable bonds is 3. The SMILES string of the molecule is Nc1nccnc1C(=O)Nc1n[nH]c(-c2ccccc2Cl)n1. The maximum Gasteiger partial charge on any atom is 0.280 e. The molecule has 1 amide bonds. The van der Waals surface area contributed by atoms with Gasteiger partial charge in [0.05, 0.1) is 5.02 Å². The van der Waals surface area contributed by atoms with Gasteiger partial charge in [-0.15, -0.1) is 5.10 Å². The number of nitrogens with one attached hydrogen (secondary N) is 2. The molecular weight excluding hydrogens is 306 g/mol. The molecule has 0 fully saturated rings. The number of carbonyl (C=O) groups excluding carboxylic acids is 1. The summed E-state index contributed by atoms with van der Waals surface area (Å²) in [6.45, 7) is 0. The van der Waals surface area contributed by atoms with Crippen LogP contribution in [0.1, 0.15) is 10.5 Å². The van der Waals surface area contributed by atoms with E-state index in [1.54, 1.807) is 12.1 Å². The Morgan fingerprint density at radius 1 is 1.23 bits per heavy atom. The fourth-order valence-corrected chi connectivity index (χ4v) is 2.00. The van der Waals surface area contributed by atoms with Crippen LogP contribution in [0.25, 0.3) is 11.4 Å². The van der Waals surface area contributed by atoms with Crippen LogP contribution >= 0.6 is 11.6 Å². The first kappa shape index (κ1) is 14.0. The van der Waals surface area contributed by atoms with Crippen LogP contribution in [0.3, 0.4) is 0 Å². The summed E-state index contributed by atoms with van der Waals surface area (Å²) in [6.07, 6.45) is 2.77. The lowest BCUT2D eigenvalue weighted by molar-refractivity contribution is 0.102. The van der Waals surface area contributed by atoms with Crippen molar-refractivity contribution in [3.8, 4) is 11.4 Å². The van der Waals surface area contributed by atoms with Crippen LogP contribution in [0.2, 0.25) is 5.02 Å². The smallest absolute Gasteiger partial charge is 0.280 e. The van der Waals surface area contributed by atoms with Crippen molar-refractivity contribution >= 4 is 29.3 Å². The molecule has 22 heavy (non-hydrogen) atoms. The third-order valence-corrected chi connectivity index (χ3v) is 3.11. The van der Waals surface area contributed by atoms with Gasteiger partial charge < -0.3 is 5.73 Å². The molecule has 0 spiro atoms. The first-order chi connectivity index (χ1) is 10.6. The molecule has 3 rings (SSSR count). The molecule has 2 aromatic heterocycles. The van der Waals surface area contributed by atoms with Crippen LogP contribution in [0.15, 0.2) is 36.7 Å². The second kappa shape index (κ2) is 5.78. The quantitative estimate of drug-likeness (QED) is 0.676. The first-order valence-electron chi connectivity index (χ1n) is 6.20. The highest BCUT2D eigenvalue weighted by Crippen LogP contribution is 2.24. The number of benzene rings is 1. The minimum atomic E-state index is -0.546. The Morgan fingerprint density at radius 3 is 2.77 bits per heavy atom. The molecule has 0 bridgehead atoms. The standard InChI is InChI=1S/C13H10ClN7O/c14-8-4-2-1-3-7(8)11-18-13(21-20-11)19-12(22)9-10(15)17-6-5-16-9/h1-6H,(H2,15,17)(H2,18,19,20,21,22). The lowest BCUT2D eigenvalue weighted by atomic mass is 10.2. The van der Waals surface area contributed by atoms with Gasteiger partial charge in [-0.05, 0) is 12.1 Å². The number of amides is 1. The molecule has 3 aromatic rings. The number of H-pyrrole nitrogens is 1. The third-order valence-electron chi connectivity index (χ3n) is 2.78. The number of hydrogen-bond donors (Lipinski definition) is 3. The third kappa shape index (κ3) is 2.72. The maximum absolute atomic E-state index is 12.0. The number of aromatic amines is 1.